The third-order valence-electron chi connectivity index (χ3n) is 18.8. The average Bonchev–Trinajstić information content (AvgIpc) is 0.787. The molecule has 0 spiro atoms. The smallest absolute Gasteiger partial charge is 0.220 e. The lowest BCUT2D eigenvalue weighted by atomic mass is 9.96. The number of aliphatic hydroxyl groups excluding tert-OH is 11. The summed E-state index contributed by atoms with van der Waals surface area (Å²) in [5.74, 6) is -0.287. The Morgan fingerprint density at radius 1 is 0.372 bits per heavy atom. The summed E-state index contributed by atoms with van der Waals surface area (Å²) in [5.41, 5.74) is 0. The van der Waals surface area contributed by atoms with Crippen LogP contribution in [-0.2, 0) is 33.2 Å². The number of aliphatic hydroxyl groups is 11. The number of allylic oxidation sites excluding steroid dienone is 7. The van der Waals surface area contributed by atoms with Gasteiger partial charge in [0.15, 0.2) is 18.9 Å². The number of nitrogens with one attached hydrogen (secondary N) is 1. The van der Waals surface area contributed by atoms with Crippen LogP contribution in [0, 0.1) is 0 Å². The quantitative estimate of drug-likeness (QED) is 0.0199. The zero-order valence-electron chi connectivity index (χ0n) is 58.4. The number of carbonyl (C=O) groups excluding carboxylic acids is 1. The second-order valence-electron chi connectivity index (χ2n) is 27.1. The van der Waals surface area contributed by atoms with Gasteiger partial charge in [0.25, 0.3) is 0 Å². The molecule has 12 N–H and O–H groups in total. The first-order valence-electron chi connectivity index (χ1n) is 37.9. The fourth-order valence-electron chi connectivity index (χ4n) is 12.7. The summed E-state index contributed by atoms with van der Waals surface area (Å²) >= 11 is 0. The Bertz CT molecular complexity index is 1890. The number of hydrogen-bond donors (Lipinski definition) is 12. The highest BCUT2D eigenvalue weighted by molar-refractivity contribution is 5.76. The van der Waals surface area contributed by atoms with E-state index in [1.165, 1.54) is 212 Å². The van der Waals surface area contributed by atoms with Gasteiger partial charge in [0, 0.05) is 6.42 Å². The molecule has 0 aliphatic carbocycles. The van der Waals surface area contributed by atoms with Gasteiger partial charge in [0.2, 0.25) is 5.91 Å². The van der Waals surface area contributed by atoms with E-state index in [0.29, 0.717) is 12.8 Å². The van der Waals surface area contributed by atoms with E-state index in [9.17, 15) is 61.0 Å². The standard InChI is InChI=1S/C75H137NO18/c1-3-5-7-9-11-13-15-17-18-19-20-21-22-23-24-25-26-27-28-29-30-31-32-33-34-35-36-37-38-39-40-41-43-45-47-49-51-53-63(81)76-58(59(80)52-50-48-46-44-42-16-14-12-10-8-6-4-2)57-89-73-69(87)66(84)71(61(55-78)91-73)94-75-70(88)67(85)72(62(56-79)92-75)93-74-68(86)65(83)64(82)60(54-77)90-74/h10,12,19-20,42,44,50,52,58-62,64-75,77-80,82-88H,3-9,11,13-18,21-41,43,45-49,51,53-57H2,1-2H3,(H,76,81)/b12-10+,20-19-,44-42+,52-50+. The highest BCUT2D eigenvalue weighted by atomic mass is 16.8. The molecule has 3 saturated heterocycles. The van der Waals surface area contributed by atoms with Gasteiger partial charge in [-0.2, -0.15) is 0 Å². The number of rotatable bonds is 59. The van der Waals surface area contributed by atoms with Gasteiger partial charge in [-0.15, -0.1) is 0 Å². The van der Waals surface area contributed by atoms with E-state index in [2.05, 4.69) is 55.6 Å². The molecule has 3 fully saturated rings. The fourth-order valence-corrected chi connectivity index (χ4v) is 12.7. The minimum absolute atomic E-state index is 0.234. The van der Waals surface area contributed by atoms with Gasteiger partial charge in [-0.05, 0) is 64.2 Å². The first-order valence-corrected chi connectivity index (χ1v) is 37.9. The summed E-state index contributed by atoms with van der Waals surface area (Å²) in [6.07, 6.45) is 42.9. The number of carbonyl (C=O) groups is 1. The van der Waals surface area contributed by atoms with Crippen molar-refractivity contribution < 1.29 is 89.4 Å². The van der Waals surface area contributed by atoms with Crippen molar-refractivity contribution in [1.82, 2.24) is 5.32 Å². The Morgan fingerprint density at radius 3 is 1.10 bits per heavy atom. The van der Waals surface area contributed by atoms with Crippen LogP contribution in [0.4, 0.5) is 0 Å². The van der Waals surface area contributed by atoms with Crippen LogP contribution in [0.3, 0.4) is 0 Å². The zero-order valence-corrected chi connectivity index (χ0v) is 58.4. The molecular formula is C75H137NO18. The minimum Gasteiger partial charge on any atom is -0.394 e. The molecule has 3 aliphatic rings. The number of ether oxygens (including phenoxy) is 6. The van der Waals surface area contributed by atoms with Crippen LogP contribution in [0.1, 0.15) is 290 Å². The molecule has 17 unspecified atom stereocenters. The van der Waals surface area contributed by atoms with E-state index in [0.717, 1.165) is 44.9 Å². The molecule has 17 atom stereocenters. The molecule has 0 radical (unpaired) electrons. The molecule has 0 saturated carbocycles. The van der Waals surface area contributed by atoms with Gasteiger partial charge in [0.05, 0.1) is 38.6 Å². The zero-order chi connectivity index (χ0) is 68.2. The first-order chi connectivity index (χ1) is 45.8. The molecule has 0 aromatic carbocycles. The van der Waals surface area contributed by atoms with E-state index in [1.54, 1.807) is 6.08 Å². The van der Waals surface area contributed by atoms with Gasteiger partial charge in [-0.1, -0.05) is 268 Å². The highest BCUT2D eigenvalue weighted by Gasteiger charge is 2.53. The van der Waals surface area contributed by atoms with Crippen molar-refractivity contribution in [3.05, 3.63) is 48.6 Å². The maximum Gasteiger partial charge on any atom is 0.220 e. The molecule has 1 amide bonds. The predicted octanol–water partition coefficient (Wildman–Crippen LogP) is 11.3. The van der Waals surface area contributed by atoms with Crippen LogP contribution < -0.4 is 5.32 Å². The van der Waals surface area contributed by atoms with E-state index < -0.39 is 124 Å². The Hall–Kier alpha value is -2.25. The predicted molar refractivity (Wildman–Crippen MR) is 369 cm³/mol. The molecule has 550 valence electrons. The van der Waals surface area contributed by atoms with Crippen LogP contribution in [0.2, 0.25) is 0 Å². The second-order valence-corrected chi connectivity index (χ2v) is 27.1. The Balaban J connectivity index is 1.30. The lowest BCUT2D eigenvalue weighted by Crippen LogP contribution is -2.66. The molecule has 3 heterocycles. The molecular weight excluding hydrogens is 1200 g/mol. The van der Waals surface area contributed by atoms with E-state index >= 15 is 0 Å². The van der Waals surface area contributed by atoms with Crippen LogP contribution in [-0.4, -0.2) is 193 Å². The summed E-state index contributed by atoms with van der Waals surface area (Å²) in [5, 5.41) is 120. The molecule has 94 heavy (non-hydrogen) atoms. The first kappa shape index (κ1) is 86.0. The summed E-state index contributed by atoms with van der Waals surface area (Å²) in [6.45, 7) is 1.66. The molecule has 0 bridgehead atoms. The van der Waals surface area contributed by atoms with E-state index in [-0.39, 0.29) is 18.9 Å². The SMILES string of the molecule is CCCC/C=C/CC/C=C/CC/C=C/C(O)C(COC1OC(CO)C(OC2OC(CO)C(OC3OC(CO)C(O)C(O)C3O)C(O)C2O)C(O)C1O)NC(=O)CCCCCCCCCCCCCCCCCCCCCCCCCCC/C=C\CCCCCCCCCC. The number of hydrogen-bond acceptors (Lipinski definition) is 18. The number of unbranched alkanes of at least 4 members (excludes halogenated alkanes) is 37. The third-order valence-corrected chi connectivity index (χ3v) is 18.8. The van der Waals surface area contributed by atoms with Crippen molar-refractivity contribution in [2.24, 2.45) is 0 Å². The van der Waals surface area contributed by atoms with Crippen molar-refractivity contribution in [3.63, 3.8) is 0 Å². The molecule has 3 rings (SSSR count). The Morgan fingerprint density at radius 2 is 0.691 bits per heavy atom. The normalized spacial score (nSPS) is 27.6. The fraction of sp³-hybridized carbons (Fsp3) is 0.880. The summed E-state index contributed by atoms with van der Waals surface area (Å²) in [6, 6.07) is -0.995. The second kappa shape index (κ2) is 56.5. The van der Waals surface area contributed by atoms with Gasteiger partial charge in [-0.3, -0.25) is 4.79 Å². The van der Waals surface area contributed by atoms with Crippen molar-refractivity contribution in [3.8, 4) is 0 Å². The molecule has 0 aromatic rings. The van der Waals surface area contributed by atoms with Crippen molar-refractivity contribution in [2.45, 2.75) is 394 Å². The Labute approximate surface area is 567 Å². The number of amides is 1. The van der Waals surface area contributed by atoms with Crippen LogP contribution >= 0.6 is 0 Å². The maximum absolute atomic E-state index is 13.4. The highest BCUT2D eigenvalue weighted by Crippen LogP contribution is 2.33. The summed E-state index contributed by atoms with van der Waals surface area (Å²) in [4.78, 5) is 13.4. The average molecular weight is 1340 g/mol. The van der Waals surface area contributed by atoms with Gasteiger partial charge in [0.1, 0.15) is 73.2 Å². The van der Waals surface area contributed by atoms with Crippen molar-refractivity contribution >= 4 is 5.91 Å². The van der Waals surface area contributed by atoms with E-state index in [1.807, 2.05) is 6.08 Å². The minimum atomic E-state index is -1.98. The van der Waals surface area contributed by atoms with Crippen LogP contribution in [0.5, 0.6) is 0 Å². The Kier molecular flexibility index (Phi) is 51.7. The summed E-state index contributed by atoms with van der Waals surface area (Å²) in [7, 11) is 0. The monoisotopic (exact) mass is 1340 g/mol. The lowest BCUT2D eigenvalue weighted by molar-refractivity contribution is -0.379. The largest absolute Gasteiger partial charge is 0.394 e. The van der Waals surface area contributed by atoms with Crippen molar-refractivity contribution in [2.75, 3.05) is 26.4 Å². The molecule has 19 heteroatoms. The van der Waals surface area contributed by atoms with Crippen molar-refractivity contribution in [1.29, 1.82) is 0 Å². The molecule has 19 nitrogen and oxygen atoms in total. The molecule has 0 aromatic heterocycles. The topological polar surface area (TPSA) is 307 Å². The van der Waals surface area contributed by atoms with E-state index in [4.69, 9.17) is 28.4 Å². The van der Waals surface area contributed by atoms with Gasteiger partial charge < -0.3 is 89.9 Å². The van der Waals surface area contributed by atoms with Crippen LogP contribution in [0.15, 0.2) is 48.6 Å². The molecule has 3 aliphatic heterocycles. The van der Waals surface area contributed by atoms with Gasteiger partial charge >= 0.3 is 0 Å². The third kappa shape index (κ3) is 37.3. The van der Waals surface area contributed by atoms with Crippen LogP contribution in [0.25, 0.3) is 0 Å². The summed E-state index contributed by atoms with van der Waals surface area (Å²) < 4.78 is 34.3. The lowest BCUT2D eigenvalue weighted by Gasteiger charge is -2.48. The van der Waals surface area contributed by atoms with Gasteiger partial charge in [-0.25, -0.2) is 0 Å². The maximum atomic E-state index is 13.4.